The number of fused-ring (bicyclic) bond motifs is 1. The molecule has 0 saturated carbocycles. The van der Waals surface area contributed by atoms with Gasteiger partial charge in [-0.1, -0.05) is 6.92 Å². The maximum absolute atomic E-state index is 12.8. The minimum Gasteiger partial charge on any atom is -0.496 e. The third-order valence-electron chi connectivity index (χ3n) is 6.53. The average Bonchev–Trinajstić information content (AvgIpc) is 2.78. The molecule has 4 rings (SSSR count). The Balaban J connectivity index is 1.89. The van der Waals surface area contributed by atoms with E-state index in [9.17, 15) is 4.79 Å². The lowest BCUT2D eigenvalue weighted by atomic mass is 9.96. The Labute approximate surface area is 189 Å². The van der Waals surface area contributed by atoms with Gasteiger partial charge in [0.1, 0.15) is 17.3 Å². The number of nitrogens with zero attached hydrogens (tertiary/aromatic N) is 4. The van der Waals surface area contributed by atoms with Gasteiger partial charge in [-0.05, 0) is 36.6 Å². The maximum atomic E-state index is 12.8. The Morgan fingerprint density at radius 1 is 1.12 bits per heavy atom. The first-order chi connectivity index (χ1) is 15.4. The molecule has 32 heavy (non-hydrogen) atoms. The average molecular weight is 437 g/mol. The summed E-state index contributed by atoms with van der Waals surface area (Å²) in [5.41, 5.74) is 2.86. The standard InChI is InChI=1S/C25H32N4O3/c1-7-17-8-9-29(17)15-21-22(31-5)10-16(11-23(21)32-6)20-14-28(4)25(30)19-13-26-24(27(2)3)12-18(19)20/h10-14,17H,7-9,15H2,1-6H3. The summed E-state index contributed by atoms with van der Waals surface area (Å²) >= 11 is 0. The summed E-state index contributed by atoms with van der Waals surface area (Å²) in [6, 6.07) is 6.68. The number of pyridine rings is 2. The smallest absolute Gasteiger partial charge is 0.259 e. The van der Waals surface area contributed by atoms with Gasteiger partial charge in [0.15, 0.2) is 0 Å². The van der Waals surface area contributed by atoms with E-state index < -0.39 is 0 Å². The predicted molar refractivity (Wildman–Crippen MR) is 129 cm³/mol. The van der Waals surface area contributed by atoms with Crippen molar-refractivity contribution in [3.63, 3.8) is 0 Å². The number of ether oxygens (including phenoxy) is 2. The van der Waals surface area contributed by atoms with Crippen molar-refractivity contribution >= 4 is 16.6 Å². The zero-order valence-electron chi connectivity index (χ0n) is 19.8. The van der Waals surface area contributed by atoms with Crippen LogP contribution in [0.4, 0.5) is 5.82 Å². The van der Waals surface area contributed by atoms with Crippen molar-refractivity contribution in [1.82, 2.24) is 14.5 Å². The molecule has 0 radical (unpaired) electrons. The van der Waals surface area contributed by atoms with Crippen molar-refractivity contribution in [2.75, 3.05) is 39.8 Å². The highest BCUT2D eigenvalue weighted by atomic mass is 16.5. The van der Waals surface area contributed by atoms with E-state index in [1.807, 2.05) is 43.4 Å². The van der Waals surface area contributed by atoms with Gasteiger partial charge in [-0.3, -0.25) is 9.69 Å². The molecular weight excluding hydrogens is 404 g/mol. The summed E-state index contributed by atoms with van der Waals surface area (Å²) in [6.45, 7) is 4.13. The van der Waals surface area contributed by atoms with Crippen molar-refractivity contribution in [2.45, 2.75) is 32.4 Å². The highest BCUT2D eigenvalue weighted by molar-refractivity contribution is 5.97. The minimum absolute atomic E-state index is 0.0690. The number of hydrogen-bond acceptors (Lipinski definition) is 6. The van der Waals surface area contributed by atoms with Gasteiger partial charge in [0.2, 0.25) is 0 Å². The van der Waals surface area contributed by atoms with Crippen LogP contribution in [0.25, 0.3) is 21.9 Å². The molecule has 1 aliphatic rings. The minimum atomic E-state index is -0.0690. The van der Waals surface area contributed by atoms with Crippen LogP contribution >= 0.6 is 0 Å². The highest BCUT2D eigenvalue weighted by Gasteiger charge is 2.28. The number of likely N-dealkylation sites (tertiary alicyclic amines) is 1. The van der Waals surface area contributed by atoms with Gasteiger partial charge in [0.25, 0.3) is 5.56 Å². The zero-order chi connectivity index (χ0) is 23.0. The Hall–Kier alpha value is -3.06. The van der Waals surface area contributed by atoms with Gasteiger partial charge < -0.3 is 18.9 Å². The molecule has 3 heterocycles. The third-order valence-corrected chi connectivity index (χ3v) is 6.53. The fourth-order valence-electron chi connectivity index (χ4n) is 4.49. The van der Waals surface area contributed by atoms with E-state index in [1.54, 1.807) is 32.0 Å². The van der Waals surface area contributed by atoms with E-state index in [2.05, 4.69) is 16.8 Å². The number of aryl methyl sites for hydroxylation is 1. The molecule has 7 nitrogen and oxygen atoms in total. The molecule has 3 aromatic rings. The van der Waals surface area contributed by atoms with Crippen molar-refractivity contribution in [3.05, 3.63) is 46.5 Å². The van der Waals surface area contributed by atoms with Crippen LogP contribution in [-0.4, -0.2) is 55.4 Å². The molecule has 2 aromatic heterocycles. The van der Waals surface area contributed by atoms with Gasteiger partial charge in [-0.15, -0.1) is 0 Å². The topological polar surface area (TPSA) is 59.8 Å². The van der Waals surface area contributed by atoms with Gasteiger partial charge in [-0.25, -0.2) is 4.98 Å². The second-order valence-electron chi connectivity index (χ2n) is 8.62. The molecule has 1 aliphatic heterocycles. The first-order valence-electron chi connectivity index (χ1n) is 11.0. The largest absolute Gasteiger partial charge is 0.496 e. The number of aromatic nitrogens is 2. The van der Waals surface area contributed by atoms with E-state index in [4.69, 9.17) is 9.47 Å². The Morgan fingerprint density at radius 3 is 2.34 bits per heavy atom. The fraction of sp³-hybridized carbons (Fsp3) is 0.440. The van der Waals surface area contributed by atoms with Crippen LogP contribution in [0, 0.1) is 0 Å². The number of rotatable bonds is 7. The first kappa shape index (κ1) is 22.1. The molecule has 0 bridgehead atoms. The SMILES string of the molecule is CCC1CCN1Cc1c(OC)cc(-c2cn(C)c(=O)c3cnc(N(C)C)cc23)cc1OC. The summed E-state index contributed by atoms with van der Waals surface area (Å²) in [7, 11) is 9.04. The van der Waals surface area contributed by atoms with Crippen molar-refractivity contribution in [3.8, 4) is 22.6 Å². The fourth-order valence-corrected chi connectivity index (χ4v) is 4.49. The van der Waals surface area contributed by atoms with Crippen LogP contribution < -0.4 is 19.9 Å². The lowest BCUT2D eigenvalue weighted by Gasteiger charge is -2.41. The third kappa shape index (κ3) is 3.81. The van der Waals surface area contributed by atoms with Crippen molar-refractivity contribution in [2.24, 2.45) is 7.05 Å². The lowest BCUT2D eigenvalue weighted by Crippen LogP contribution is -2.46. The highest BCUT2D eigenvalue weighted by Crippen LogP contribution is 2.39. The molecule has 1 fully saturated rings. The molecule has 0 amide bonds. The summed E-state index contributed by atoms with van der Waals surface area (Å²) in [4.78, 5) is 21.6. The molecule has 1 unspecified atom stereocenters. The molecule has 0 spiro atoms. The van der Waals surface area contributed by atoms with E-state index in [0.29, 0.717) is 11.4 Å². The normalized spacial score (nSPS) is 16.1. The second kappa shape index (κ2) is 8.82. The number of benzene rings is 1. The van der Waals surface area contributed by atoms with Crippen LogP contribution in [0.2, 0.25) is 0 Å². The summed E-state index contributed by atoms with van der Waals surface area (Å²) in [5.74, 6) is 2.39. The van der Waals surface area contributed by atoms with E-state index in [-0.39, 0.29) is 5.56 Å². The summed E-state index contributed by atoms with van der Waals surface area (Å²) in [6.07, 6.45) is 5.93. The summed E-state index contributed by atoms with van der Waals surface area (Å²) < 4.78 is 13.2. The molecule has 0 aliphatic carbocycles. The van der Waals surface area contributed by atoms with Crippen LogP contribution in [-0.2, 0) is 13.6 Å². The Kier molecular flexibility index (Phi) is 6.11. The molecule has 170 valence electrons. The van der Waals surface area contributed by atoms with Crippen LogP contribution in [0.1, 0.15) is 25.3 Å². The van der Waals surface area contributed by atoms with E-state index >= 15 is 0 Å². The molecule has 7 heteroatoms. The Bertz CT molecular complexity index is 1170. The molecular formula is C25H32N4O3. The van der Waals surface area contributed by atoms with Crippen LogP contribution in [0.5, 0.6) is 11.5 Å². The molecule has 1 atom stereocenters. The van der Waals surface area contributed by atoms with E-state index in [1.165, 1.54) is 6.42 Å². The predicted octanol–water partition coefficient (Wildman–Crippen LogP) is 3.67. The van der Waals surface area contributed by atoms with Gasteiger partial charge >= 0.3 is 0 Å². The number of anilines is 1. The monoisotopic (exact) mass is 436 g/mol. The maximum Gasteiger partial charge on any atom is 0.259 e. The summed E-state index contributed by atoms with van der Waals surface area (Å²) in [5, 5.41) is 1.45. The van der Waals surface area contributed by atoms with Gasteiger partial charge in [0, 0.05) is 63.6 Å². The Morgan fingerprint density at radius 2 is 1.81 bits per heavy atom. The number of hydrogen-bond donors (Lipinski definition) is 0. The van der Waals surface area contributed by atoms with Crippen molar-refractivity contribution < 1.29 is 9.47 Å². The molecule has 0 N–H and O–H groups in total. The van der Waals surface area contributed by atoms with Gasteiger partial charge in [-0.2, -0.15) is 0 Å². The van der Waals surface area contributed by atoms with E-state index in [0.717, 1.165) is 58.9 Å². The molecule has 1 saturated heterocycles. The lowest BCUT2D eigenvalue weighted by molar-refractivity contribution is 0.0772. The second-order valence-corrected chi connectivity index (χ2v) is 8.62. The van der Waals surface area contributed by atoms with Crippen LogP contribution in [0.3, 0.4) is 0 Å². The van der Waals surface area contributed by atoms with Gasteiger partial charge in [0.05, 0.1) is 25.2 Å². The van der Waals surface area contributed by atoms with Crippen molar-refractivity contribution in [1.29, 1.82) is 0 Å². The van der Waals surface area contributed by atoms with Crippen LogP contribution in [0.15, 0.2) is 35.4 Å². The number of methoxy groups -OCH3 is 2. The first-order valence-corrected chi connectivity index (χ1v) is 11.0. The quantitative estimate of drug-likeness (QED) is 0.563. The molecule has 1 aromatic carbocycles. The zero-order valence-corrected chi connectivity index (χ0v) is 19.8.